The zero-order valence-electron chi connectivity index (χ0n) is 16.3. The van der Waals surface area contributed by atoms with E-state index in [4.69, 9.17) is 19.5 Å². The molecule has 2 rings (SSSR count). The molecule has 29 heavy (non-hydrogen) atoms. The van der Waals surface area contributed by atoms with E-state index in [-0.39, 0.29) is 18.8 Å². The standard InChI is InChI=1S/C21H22N2O5S/c1-26-16-11-15(12-17(13-16)27-2)7-8-21(25)28-14-20(24)23-18-5-3-4-6-19(18)29-10-9-22/h3-6,11-13H,7-8,10,14H2,1-2H3,(H,23,24). The highest BCUT2D eigenvalue weighted by atomic mass is 32.2. The van der Waals surface area contributed by atoms with Crippen LogP contribution in [0.4, 0.5) is 5.69 Å². The highest BCUT2D eigenvalue weighted by Crippen LogP contribution is 2.26. The third-order valence-electron chi connectivity index (χ3n) is 3.85. The summed E-state index contributed by atoms with van der Waals surface area (Å²) in [7, 11) is 3.12. The van der Waals surface area contributed by atoms with Crippen LogP contribution in [0.5, 0.6) is 11.5 Å². The molecule has 2 aromatic rings. The molecule has 0 aliphatic rings. The van der Waals surface area contributed by atoms with Gasteiger partial charge in [-0.1, -0.05) is 12.1 Å². The number of ether oxygens (including phenoxy) is 3. The van der Waals surface area contributed by atoms with Crippen LogP contribution >= 0.6 is 11.8 Å². The van der Waals surface area contributed by atoms with Gasteiger partial charge in [-0.2, -0.15) is 5.26 Å². The molecule has 1 amide bonds. The largest absolute Gasteiger partial charge is 0.497 e. The molecule has 0 heterocycles. The van der Waals surface area contributed by atoms with Crippen LogP contribution in [0.1, 0.15) is 12.0 Å². The SMILES string of the molecule is COc1cc(CCC(=O)OCC(=O)Nc2ccccc2SCC#N)cc(OC)c1. The number of thioether (sulfide) groups is 1. The number of nitriles is 1. The van der Waals surface area contributed by atoms with E-state index in [1.54, 1.807) is 32.4 Å². The lowest BCUT2D eigenvalue weighted by molar-refractivity contribution is -0.147. The van der Waals surface area contributed by atoms with Crippen molar-refractivity contribution in [1.29, 1.82) is 5.26 Å². The molecule has 0 saturated heterocycles. The number of esters is 1. The molecule has 0 aliphatic heterocycles. The van der Waals surface area contributed by atoms with Gasteiger partial charge < -0.3 is 19.5 Å². The van der Waals surface area contributed by atoms with Gasteiger partial charge in [0.05, 0.1) is 31.7 Å². The molecule has 1 N–H and O–H groups in total. The Labute approximate surface area is 174 Å². The smallest absolute Gasteiger partial charge is 0.306 e. The van der Waals surface area contributed by atoms with E-state index in [1.165, 1.54) is 11.8 Å². The van der Waals surface area contributed by atoms with E-state index in [0.717, 1.165) is 10.5 Å². The summed E-state index contributed by atoms with van der Waals surface area (Å²) in [6, 6.07) is 14.6. The Balaban J connectivity index is 1.82. The third kappa shape index (κ3) is 7.39. The van der Waals surface area contributed by atoms with E-state index in [2.05, 4.69) is 5.32 Å². The number of benzene rings is 2. The number of para-hydroxylation sites is 1. The molecule has 8 heteroatoms. The molecule has 0 radical (unpaired) electrons. The van der Waals surface area contributed by atoms with E-state index in [9.17, 15) is 9.59 Å². The Morgan fingerprint density at radius 3 is 2.45 bits per heavy atom. The highest BCUT2D eigenvalue weighted by molar-refractivity contribution is 7.99. The number of aryl methyl sites for hydroxylation is 1. The van der Waals surface area contributed by atoms with Gasteiger partial charge in [-0.3, -0.25) is 9.59 Å². The number of methoxy groups -OCH3 is 2. The molecule has 7 nitrogen and oxygen atoms in total. The summed E-state index contributed by atoms with van der Waals surface area (Å²) in [5.74, 6) is 0.636. The number of carbonyl (C=O) groups is 2. The first kappa shape index (κ1) is 22.1. The van der Waals surface area contributed by atoms with Crippen LogP contribution in [0.15, 0.2) is 47.4 Å². The number of rotatable bonds is 10. The zero-order chi connectivity index (χ0) is 21.1. The van der Waals surface area contributed by atoms with Crippen LogP contribution in [0, 0.1) is 11.3 Å². The Bertz CT molecular complexity index is 873. The molecule has 152 valence electrons. The second-order valence-electron chi connectivity index (χ2n) is 5.87. The van der Waals surface area contributed by atoms with Crippen molar-refractivity contribution < 1.29 is 23.8 Å². The molecule has 0 atom stereocenters. The zero-order valence-corrected chi connectivity index (χ0v) is 17.1. The van der Waals surface area contributed by atoms with Crippen molar-refractivity contribution in [2.75, 3.05) is 31.9 Å². The fraction of sp³-hybridized carbons (Fsp3) is 0.286. The van der Waals surface area contributed by atoms with Gasteiger partial charge in [-0.15, -0.1) is 11.8 Å². The quantitative estimate of drug-likeness (QED) is 0.470. The number of nitrogens with zero attached hydrogens (tertiary/aromatic N) is 1. The number of carbonyl (C=O) groups excluding carboxylic acids is 2. The molecule has 0 saturated carbocycles. The van der Waals surface area contributed by atoms with E-state index < -0.39 is 11.9 Å². The van der Waals surface area contributed by atoms with Crippen LogP contribution in [-0.2, 0) is 20.7 Å². The van der Waals surface area contributed by atoms with Crippen molar-refractivity contribution in [2.24, 2.45) is 0 Å². The molecule has 0 spiro atoms. The van der Waals surface area contributed by atoms with Gasteiger partial charge >= 0.3 is 5.97 Å². The number of amides is 1. The average Bonchev–Trinajstić information content (AvgIpc) is 2.75. The molecule has 0 unspecified atom stereocenters. The molecular formula is C21H22N2O5S. The van der Waals surface area contributed by atoms with Crippen molar-refractivity contribution in [3.63, 3.8) is 0 Å². The van der Waals surface area contributed by atoms with Gasteiger partial charge in [0.1, 0.15) is 11.5 Å². The lowest BCUT2D eigenvalue weighted by Crippen LogP contribution is -2.21. The van der Waals surface area contributed by atoms with Gasteiger partial charge in [0.25, 0.3) is 5.91 Å². The Hall–Kier alpha value is -3.18. The molecular weight excluding hydrogens is 392 g/mol. The first-order chi connectivity index (χ1) is 14.0. The lowest BCUT2D eigenvalue weighted by Gasteiger charge is -2.10. The molecule has 0 fully saturated rings. The Morgan fingerprint density at radius 2 is 1.79 bits per heavy atom. The van der Waals surface area contributed by atoms with Crippen LogP contribution in [0.2, 0.25) is 0 Å². The third-order valence-corrected chi connectivity index (χ3v) is 4.79. The minimum absolute atomic E-state index is 0.123. The Kier molecular flexibility index (Phi) is 8.86. The molecule has 0 aromatic heterocycles. The number of hydrogen-bond donors (Lipinski definition) is 1. The predicted octanol–water partition coefficient (Wildman–Crippen LogP) is 3.43. The second-order valence-corrected chi connectivity index (χ2v) is 6.89. The van der Waals surface area contributed by atoms with Gasteiger partial charge in [-0.25, -0.2) is 0 Å². The summed E-state index contributed by atoms with van der Waals surface area (Å²) in [6.07, 6.45) is 0.555. The van der Waals surface area contributed by atoms with Crippen LogP contribution in [-0.4, -0.2) is 38.5 Å². The average molecular weight is 414 g/mol. The minimum Gasteiger partial charge on any atom is -0.497 e. The maximum Gasteiger partial charge on any atom is 0.306 e. The first-order valence-corrected chi connectivity index (χ1v) is 9.80. The van der Waals surface area contributed by atoms with Crippen LogP contribution in [0.3, 0.4) is 0 Å². The fourth-order valence-corrected chi connectivity index (χ4v) is 3.14. The lowest BCUT2D eigenvalue weighted by atomic mass is 10.1. The van der Waals surface area contributed by atoms with Crippen molar-refractivity contribution in [3.05, 3.63) is 48.0 Å². The maximum atomic E-state index is 12.1. The summed E-state index contributed by atoms with van der Waals surface area (Å²) in [5, 5.41) is 11.4. The van der Waals surface area contributed by atoms with Gasteiger partial charge in [0.2, 0.25) is 0 Å². The van der Waals surface area contributed by atoms with E-state index >= 15 is 0 Å². The predicted molar refractivity (Wildman–Crippen MR) is 110 cm³/mol. The summed E-state index contributed by atoms with van der Waals surface area (Å²) < 4.78 is 15.5. The highest BCUT2D eigenvalue weighted by Gasteiger charge is 2.11. The number of anilines is 1. The molecule has 0 bridgehead atoms. The van der Waals surface area contributed by atoms with Crippen molar-refractivity contribution >= 4 is 29.3 Å². The number of hydrogen-bond acceptors (Lipinski definition) is 7. The summed E-state index contributed by atoms with van der Waals surface area (Å²) in [6.45, 7) is -0.377. The minimum atomic E-state index is -0.478. The summed E-state index contributed by atoms with van der Waals surface area (Å²) in [5.41, 5.74) is 1.45. The second kappa shape index (κ2) is 11.6. The summed E-state index contributed by atoms with van der Waals surface area (Å²) >= 11 is 1.32. The Morgan fingerprint density at radius 1 is 1.10 bits per heavy atom. The fourth-order valence-electron chi connectivity index (χ4n) is 2.47. The van der Waals surface area contributed by atoms with Gasteiger partial charge in [-0.05, 0) is 36.2 Å². The number of nitrogens with one attached hydrogen (secondary N) is 1. The summed E-state index contributed by atoms with van der Waals surface area (Å²) in [4.78, 5) is 24.9. The van der Waals surface area contributed by atoms with Crippen LogP contribution < -0.4 is 14.8 Å². The monoisotopic (exact) mass is 414 g/mol. The normalized spacial score (nSPS) is 9.97. The topological polar surface area (TPSA) is 97.6 Å². The van der Waals surface area contributed by atoms with Crippen molar-refractivity contribution in [3.8, 4) is 17.6 Å². The van der Waals surface area contributed by atoms with Crippen LogP contribution in [0.25, 0.3) is 0 Å². The van der Waals surface area contributed by atoms with E-state index in [1.807, 2.05) is 30.3 Å². The van der Waals surface area contributed by atoms with Gasteiger partial charge in [0.15, 0.2) is 6.61 Å². The van der Waals surface area contributed by atoms with Crippen molar-refractivity contribution in [1.82, 2.24) is 0 Å². The maximum absolute atomic E-state index is 12.1. The van der Waals surface area contributed by atoms with Gasteiger partial charge in [0, 0.05) is 17.4 Å². The van der Waals surface area contributed by atoms with E-state index in [0.29, 0.717) is 23.6 Å². The first-order valence-electron chi connectivity index (χ1n) is 8.82. The molecule has 0 aliphatic carbocycles. The van der Waals surface area contributed by atoms with Crippen molar-refractivity contribution in [2.45, 2.75) is 17.7 Å². The molecule has 2 aromatic carbocycles.